The molecule has 6 nitrogen and oxygen atoms in total. The predicted molar refractivity (Wildman–Crippen MR) is 103 cm³/mol. The Balaban J connectivity index is 1.45. The first-order chi connectivity index (χ1) is 12.9. The van der Waals surface area contributed by atoms with E-state index in [0.29, 0.717) is 45.7 Å². The van der Waals surface area contributed by atoms with Crippen molar-refractivity contribution in [3.8, 4) is 0 Å². The van der Waals surface area contributed by atoms with E-state index in [4.69, 9.17) is 0 Å². The number of aryl methyl sites for hydroxylation is 1. The number of benzene rings is 1. The largest absolute Gasteiger partial charge is 0.343 e. The van der Waals surface area contributed by atoms with Crippen LogP contribution in [0.25, 0.3) is 0 Å². The Bertz CT molecular complexity index is 685. The first-order valence-electron chi connectivity index (χ1n) is 9.81. The standard InChI is InChI=1S/C21H29N3O3/c1-16-3-5-18(6-4-16)15-20(26)23-11-13-24(14-12-23)21(27)19-7-9-22(10-8-19)17(2)25/h3-6,19H,7-15H2,1-2H3. The Kier molecular flexibility index (Phi) is 6.14. The molecule has 6 heteroatoms. The lowest BCUT2D eigenvalue weighted by Crippen LogP contribution is -2.53. The SMILES string of the molecule is CC(=O)N1CCC(C(=O)N2CCN(C(=O)Cc3ccc(C)cc3)CC2)CC1. The van der Waals surface area contributed by atoms with Crippen LogP contribution in [0.1, 0.15) is 30.9 Å². The fourth-order valence-corrected chi connectivity index (χ4v) is 3.87. The summed E-state index contributed by atoms with van der Waals surface area (Å²) in [5.41, 5.74) is 2.22. The molecule has 0 bridgehead atoms. The van der Waals surface area contributed by atoms with Gasteiger partial charge in [0.15, 0.2) is 0 Å². The quantitative estimate of drug-likeness (QED) is 0.808. The molecule has 3 amide bonds. The van der Waals surface area contributed by atoms with Crippen LogP contribution < -0.4 is 0 Å². The molecule has 2 aliphatic rings. The van der Waals surface area contributed by atoms with Gasteiger partial charge >= 0.3 is 0 Å². The normalized spacial score (nSPS) is 18.5. The number of likely N-dealkylation sites (tertiary alicyclic amines) is 1. The number of hydrogen-bond acceptors (Lipinski definition) is 3. The highest BCUT2D eigenvalue weighted by molar-refractivity contribution is 5.81. The van der Waals surface area contributed by atoms with Crippen LogP contribution in [0.5, 0.6) is 0 Å². The average molecular weight is 371 g/mol. The molecule has 0 unspecified atom stereocenters. The summed E-state index contributed by atoms with van der Waals surface area (Å²) in [6, 6.07) is 8.05. The van der Waals surface area contributed by atoms with Crippen molar-refractivity contribution in [2.24, 2.45) is 5.92 Å². The van der Waals surface area contributed by atoms with Gasteiger partial charge in [-0.05, 0) is 25.3 Å². The third-order valence-electron chi connectivity index (χ3n) is 5.71. The monoisotopic (exact) mass is 371 g/mol. The average Bonchev–Trinajstić information content (AvgIpc) is 2.69. The molecule has 2 fully saturated rings. The molecule has 0 aromatic heterocycles. The number of carbonyl (C=O) groups excluding carboxylic acids is 3. The van der Waals surface area contributed by atoms with Crippen molar-refractivity contribution in [3.05, 3.63) is 35.4 Å². The minimum absolute atomic E-state index is 0.00964. The molecule has 27 heavy (non-hydrogen) atoms. The summed E-state index contributed by atoms with van der Waals surface area (Å²) in [6.45, 7) is 7.35. The molecular formula is C21H29N3O3. The summed E-state index contributed by atoms with van der Waals surface area (Å²) in [5, 5.41) is 0. The Morgan fingerprint density at radius 1 is 0.852 bits per heavy atom. The molecule has 0 N–H and O–H groups in total. The number of piperazine rings is 1. The summed E-state index contributed by atoms with van der Waals surface area (Å²) in [4.78, 5) is 42.2. The first kappa shape index (κ1) is 19.4. The van der Waals surface area contributed by atoms with E-state index in [2.05, 4.69) is 0 Å². The van der Waals surface area contributed by atoms with E-state index in [1.165, 1.54) is 5.56 Å². The molecule has 0 saturated carbocycles. The zero-order valence-electron chi connectivity index (χ0n) is 16.3. The highest BCUT2D eigenvalue weighted by atomic mass is 16.2. The molecule has 0 spiro atoms. The fourth-order valence-electron chi connectivity index (χ4n) is 3.87. The molecule has 3 rings (SSSR count). The van der Waals surface area contributed by atoms with Gasteiger partial charge in [-0.2, -0.15) is 0 Å². The number of hydrogen-bond donors (Lipinski definition) is 0. The maximum atomic E-state index is 12.7. The van der Waals surface area contributed by atoms with E-state index in [-0.39, 0.29) is 23.6 Å². The lowest BCUT2D eigenvalue weighted by atomic mass is 9.95. The van der Waals surface area contributed by atoms with Crippen molar-refractivity contribution in [2.45, 2.75) is 33.1 Å². The summed E-state index contributed by atoms with van der Waals surface area (Å²) in [7, 11) is 0. The van der Waals surface area contributed by atoms with Crippen LogP contribution in [0.4, 0.5) is 0 Å². The molecule has 0 aliphatic carbocycles. The van der Waals surface area contributed by atoms with Gasteiger partial charge in [0, 0.05) is 52.1 Å². The Hall–Kier alpha value is -2.37. The van der Waals surface area contributed by atoms with Crippen molar-refractivity contribution in [1.29, 1.82) is 0 Å². The summed E-state index contributed by atoms with van der Waals surface area (Å²) in [5.74, 6) is 0.404. The molecule has 2 heterocycles. The fraction of sp³-hybridized carbons (Fsp3) is 0.571. The summed E-state index contributed by atoms with van der Waals surface area (Å²) < 4.78 is 0. The number of amides is 3. The Morgan fingerprint density at radius 3 is 1.96 bits per heavy atom. The van der Waals surface area contributed by atoms with Gasteiger partial charge < -0.3 is 14.7 Å². The van der Waals surface area contributed by atoms with Crippen molar-refractivity contribution >= 4 is 17.7 Å². The Morgan fingerprint density at radius 2 is 1.41 bits per heavy atom. The Labute approximate surface area is 161 Å². The highest BCUT2D eigenvalue weighted by Gasteiger charge is 2.31. The van der Waals surface area contributed by atoms with Gasteiger partial charge in [0.25, 0.3) is 0 Å². The van der Waals surface area contributed by atoms with Crippen LogP contribution in [0.3, 0.4) is 0 Å². The maximum absolute atomic E-state index is 12.7. The van der Waals surface area contributed by atoms with Crippen LogP contribution in [-0.2, 0) is 20.8 Å². The van der Waals surface area contributed by atoms with Crippen molar-refractivity contribution in [2.75, 3.05) is 39.3 Å². The van der Waals surface area contributed by atoms with Crippen LogP contribution in [0.15, 0.2) is 24.3 Å². The first-order valence-corrected chi connectivity index (χ1v) is 9.81. The van der Waals surface area contributed by atoms with Gasteiger partial charge in [-0.3, -0.25) is 14.4 Å². The number of piperidine rings is 1. The maximum Gasteiger partial charge on any atom is 0.227 e. The zero-order valence-corrected chi connectivity index (χ0v) is 16.3. The molecule has 2 saturated heterocycles. The molecule has 0 atom stereocenters. The van der Waals surface area contributed by atoms with E-state index in [1.807, 2.05) is 45.9 Å². The zero-order chi connectivity index (χ0) is 19.4. The molecule has 1 aromatic rings. The molecule has 0 radical (unpaired) electrons. The van der Waals surface area contributed by atoms with Gasteiger partial charge in [0.05, 0.1) is 6.42 Å². The smallest absolute Gasteiger partial charge is 0.227 e. The van der Waals surface area contributed by atoms with Gasteiger partial charge in [0.2, 0.25) is 17.7 Å². The topological polar surface area (TPSA) is 60.9 Å². The molecule has 2 aliphatic heterocycles. The van der Waals surface area contributed by atoms with Crippen molar-refractivity contribution in [3.63, 3.8) is 0 Å². The van der Waals surface area contributed by atoms with E-state index < -0.39 is 0 Å². The lowest BCUT2D eigenvalue weighted by Gasteiger charge is -2.38. The highest BCUT2D eigenvalue weighted by Crippen LogP contribution is 2.21. The van der Waals surface area contributed by atoms with E-state index in [9.17, 15) is 14.4 Å². The van der Waals surface area contributed by atoms with Crippen LogP contribution >= 0.6 is 0 Å². The van der Waals surface area contributed by atoms with E-state index in [0.717, 1.165) is 18.4 Å². The minimum atomic E-state index is 0.00964. The van der Waals surface area contributed by atoms with Gasteiger partial charge in [-0.1, -0.05) is 29.8 Å². The summed E-state index contributed by atoms with van der Waals surface area (Å²) >= 11 is 0. The third-order valence-corrected chi connectivity index (χ3v) is 5.71. The number of nitrogens with zero attached hydrogens (tertiary/aromatic N) is 3. The van der Waals surface area contributed by atoms with Gasteiger partial charge in [-0.15, -0.1) is 0 Å². The van der Waals surface area contributed by atoms with Gasteiger partial charge in [0.1, 0.15) is 0 Å². The summed E-state index contributed by atoms with van der Waals surface area (Å²) in [6.07, 6.45) is 1.90. The minimum Gasteiger partial charge on any atom is -0.343 e. The van der Waals surface area contributed by atoms with E-state index >= 15 is 0 Å². The van der Waals surface area contributed by atoms with Crippen molar-refractivity contribution < 1.29 is 14.4 Å². The lowest BCUT2D eigenvalue weighted by molar-refractivity contribution is -0.144. The second-order valence-electron chi connectivity index (χ2n) is 7.65. The molecule has 146 valence electrons. The number of rotatable bonds is 3. The molecular weight excluding hydrogens is 342 g/mol. The number of carbonyl (C=O) groups is 3. The second kappa shape index (κ2) is 8.55. The van der Waals surface area contributed by atoms with Crippen LogP contribution in [0, 0.1) is 12.8 Å². The van der Waals surface area contributed by atoms with Crippen LogP contribution in [-0.4, -0.2) is 71.7 Å². The van der Waals surface area contributed by atoms with Crippen molar-refractivity contribution in [1.82, 2.24) is 14.7 Å². The van der Waals surface area contributed by atoms with Gasteiger partial charge in [-0.25, -0.2) is 0 Å². The second-order valence-corrected chi connectivity index (χ2v) is 7.65. The third kappa shape index (κ3) is 4.87. The predicted octanol–water partition coefficient (Wildman–Crippen LogP) is 1.47. The van der Waals surface area contributed by atoms with Crippen LogP contribution in [0.2, 0.25) is 0 Å². The molecule has 1 aromatic carbocycles. The van der Waals surface area contributed by atoms with E-state index in [1.54, 1.807) is 6.92 Å².